The Morgan fingerprint density at radius 3 is 2.55 bits per heavy atom. The topological polar surface area (TPSA) is 44.4 Å². The van der Waals surface area contributed by atoms with E-state index in [9.17, 15) is 4.79 Å². The average Bonchev–Trinajstić information content (AvgIpc) is 2.98. The lowest BCUT2D eigenvalue weighted by Gasteiger charge is -2.14. The highest BCUT2D eigenvalue weighted by molar-refractivity contribution is 5.94. The number of rotatable bonds is 7. The Kier molecular flexibility index (Phi) is 5.87. The molecule has 0 saturated carbocycles. The molecule has 0 aliphatic carbocycles. The third kappa shape index (κ3) is 4.53. The first-order valence-electron chi connectivity index (χ1n) is 7.64. The van der Waals surface area contributed by atoms with Crippen LogP contribution in [0.15, 0.2) is 24.3 Å². The van der Waals surface area contributed by atoms with Crippen molar-refractivity contribution in [2.45, 2.75) is 26.2 Å². The number of nitrogens with zero attached hydrogens (tertiary/aromatic N) is 1. The number of likely N-dealkylation sites (tertiary alicyclic amines) is 1. The maximum Gasteiger partial charge on any atom is 0.251 e. The van der Waals surface area contributed by atoms with Crippen molar-refractivity contribution in [3.05, 3.63) is 29.8 Å². The summed E-state index contributed by atoms with van der Waals surface area (Å²) in [5.74, 6) is 0.0227. The van der Waals surface area contributed by atoms with Crippen LogP contribution in [-0.2, 0) is 0 Å². The summed E-state index contributed by atoms with van der Waals surface area (Å²) < 4.78 is 0. The molecule has 1 aliphatic heterocycles. The van der Waals surface area contributed by atoms with E-state index in [2.05, 4.69) is 22.5 Å². The molecule has 0 atom stereocenters. The van der Waals surface area contributed by atoms with Crippen molar-refractivity contribution in [2.24, 2.45) is 0 Å². The van der Waals surface area contributed by atoms with E-state index in [0.29, 0.717) is 0 Å². The summed E-state index contributed by atoms with van der Waals surface area (Å²) in [6.07, 6.45) is 3.68. The predicted molar refractivity (Wildman–Crippen MR) is 83.2 cm³/mol. The molecule has 0 aromatic heterocycles. The molecule has 2 rings (SSSR count). The van der Waals surface area contributed by atoms with Gasteiger partial charge in [0.05, 0.1) is 0 Å². The number of hydrogen-bond donors (Lipinski definition) is 2. The van der Waals surface area contributed by atoms with Gasteiger partial charge in [-0.1, -0.05) is 0 Å². The van der Waals surface area contributed by atoms with Gasteiger partial charge in [0.1, 0.15) is 0 Å². The molecule has 20 heavy (non-hydrogen) atoms. The molecule has 1 amide bonds. The molecule has 4 nitrogen and oxygen atoms in total. The molecule has 0 spiro atoms. The van der Waals surface area contributed by atoms with E-state index < -0.39 is 0 Å². The Bertz CT molecular complexity index is 410. The number of nitrogens with one attached hydrogen (secondary N) is 2. The van der Waals surface area contributed by atoms with E-state index in [1.807, 2.05) is 24.3 Å². The van der Waals surface area contributed by atoms with E-state index in [0.717, 1.165) is 37.3 Å². The monoisotopic (exact) mass is 275 g/mol. The van der Waals surface area contributed by atoms with Crippen LogP contribution < -0.4 is 10.6 Å². The highest BCUT2D eigenvalue weighted by Crippen LogP contribution is 2.09. The third-order valence-corrected chi connectivity index (χ3v) is 3.66. The maximum atomic E-state index is 12.0. The molecule has 1 aromatic rings. The number of benzene rings is 1. The van der Waals surface area contributed by atoms with E-state index in [1.54, 1.807) is 0 Å². The minimum absolute atomic E-state index is 0.0227. The SMILES string of the molecule is CCNc1ccc(C(=O)NCCCN2CCCC2)cc1. The zero-order valence-electron chi connectivity index (χ0n) is 12.3. The van der Waals surface area contributed by atoms with Crippen molar-refractivity contribution >= 4 is 11.6 Å². The second-order valence-corrected chi connectivity index (χ2v) is 5.27. The third-order valence-electron chi connectivity index (χ3n) is 3.66. The van der Waals surface area contributed by atoms with Gasteiger partial charge in [0.25, 0.3) is 5.91 Å². The first-order chi connectivity index (χ1) is 9.79. The van der Waals surface area contributed by atoms with Gasteiger partial charge in [-0.25, -0.2) is 0 Å². The second kappa shape index (κ2) is 7.90. The van der Waals surface area contributed by atoms with Gasteiger partial charge in [-0.05, 0) is 70.1 Å². The predicted octanol–water partition coefficient (Wildman–Crippen LogP) is 2.33. The van der Waals surface area contributed by atoms with Gasteiger partial charge in [0, 0.05) is 24.3 Å². The fraction of sp³-hybridized carbons (Fsp3) is 0.562. The highest BCUT2D eigenvalue weighted by Gasteiger charge is 2.10. The van der Waals surface area contributed by atoms with Crippen LogP contribution in [0.1, 0.15) is 36.5 Å². The van der Waals surface area contributed by atoms with Gasteiger partial charge in [-0.2, -0.15) is 0 Å². The molecule has 1 aliphatic rings. The molecular weight excluding hydrogens is 250 g/mol. The van der Waals surface area contributed by atoms with Crippen LogP contribution in [0.4, 0.5) is 5.69 Å². The van der Waals surface area contributed by atoms with Gasteiger partial charge < -0.3 is 15.5 Å². The molecule has 1 aromatic carbocycles. The largest absolute Gasteiger partial charge is 0.385 e. The number of anilines is 1. The minimum Gasteiger partial charge on any atom is -0.385 e. The highest BCUT2D eigenvalue weighted by atomic mass is 16.1. The van der Waals surface area contributed by atoms with Gasteiger partial charge >= 0.3 is 0 Å². The van der Waals surface area contributed by atoms with E-state index in [4.69, 9.17) is 0 Å². The normalized spacial score (nSPS) is 15.2. The average molecular weight is 275 g/mol. The zero-order chi connectivity index (χ0) is 14.2. The molecule has 2 N–H and O–H groups in total. The molecule has 1 heterocycles. The van der Waals surface area contributed by atoms with E-state index in [1.165, 1.54) is 25.9 Å². The van der Waals surface area contributed by atoms with Crippen molar-refractivity contribution in [2.75, 3.05) is 38.0 Å². The Morgan fingerprint density at radius 1 is 1.20 bits per heavy atom. The van der Waals surface area contributed by atoms with Crippen molar-refractivity contribution in [1.29, 1.82) is 0 Å². The zero-order valence-corrected chi connectivity index (χ0v) is 12.3. The lowest BCUT2D eigenvalue weighted by atomic mass is 10.2. The lowest BCUT2D eigenvalue weighted by molar-refractivity contribution is 0.0952. The summed E-state index contributed by atoms with van der Waals surface area (Å²) in [6.45, 7) is 7.24. The Morgan fingerprint density at radius 2 is 1.90 bits per heavy atom. The van der Waals surface area contributed by atoms with Crippen LogP contribution in [0.2, 0.25) is 0 Å². The smallest absolute Gasteiger partial charge is 0.251 e. The molecule has 0 radical (unpaired) electrons. The first-order valence-corrected chi connectivity index (χ1v) is 7.64. The molecule has 0 bridgehead atoms. The van der Waals surface area contributed by atoms with Crippen molar-refractivity contribution < 1.29 is 4.79 Å². The van der Waals surface area contributed by atoms with Gasteiger partial charge in [0.2, 0.25) is 0 Å². The van der Waals surface area contributed by atoms with E-state index >= 15 is 0 Å². The van der Waals surface area contributed by atoms with Crippen molar-refractivity contribution in [3.8, 4) is 0 Å². The van der Waals surface area contributed by atoms with Crippen LogP contribution in [0.25, 0.3) is 0 Å². The summed E-state index contributed by atoms with van der Waals surface area (Å²) in [5.41, 5.74) is 1.78. The number of carbonyl (C=O) groups excluding carboxylic acids is 1. The molecule has 1 saturated heterocycles. The Labute approximate surface area is 121 Å². The van der Waals surface area contributed by atoms with Gasteiger partial charge in [0.15, 0.2) is 0 Å². The number of carbonyl (C=O) groups is 1. The lowest BCUT2D eigenvalue weighted by Crippen LogP contribution is -2.28. The van der Waals surface area contributed by atoms with Crippen LogP contribution in [0.3, 0.4) is 0 Å². The molecule has 110 valence electrons. The molecule has 4 heteroatoms. The van der Waals surface area contributed by atoms with Crippen LogP contribution in [-0.4, -0.2) is 43.5 Å². The van der Waals surface area contributed by atoms with Crippen LogP contribution in [0, 0.1) is 0 Å². The van der Waals surface area contributed by atoms with Crippen LogP contribution >= 0.6 is 0 Å². The number of amides is 1. The minimum atomic E-state index is 0.0227. The van der Waals surface area contributed by atoms with Crippen molar-refractivity contribution in [1.82, 2.24) is 10.2 Å². The van der Waals surface area contributed by atoms with E-state index in [-0.39, 0.29) is 5.91 Å². The number of hydrogen-bond acceptors (Lipinski definition) is 3. The standard InChI is InChI=1S/C16H25N3O/c1-2-17-15-8-6-14(7-9-15)16(20)18-10-5-13-19-11-3-4-12-19/h6-9,17H,2-5,10-13H2,1H3,(H,18,20). The Balaban J connectivity index is 1.68. The summed E-state index contributed by atoms with van der Waals surface area (Å²) >= 11 is 0. The molecule has 1 fully saturated rings. The van der Waals surface area contributed by atoms with Gasteiger partial charge in [-0.15, -0.1) is 0 Å². The first kappa shape index (κ1) is 14.9. The van der Waals surface area contributed by atoms with Gasteiger partial charge in [-0.3, -0.25) is 4.79 Å². The fourth-order valence-corrected chi connectivity index (χ4v) is 2.56. The quantitative estimate of drug-likeness (QED) is 0.751. The van der Waals surface area contributed by atoms with Crippen LogP contribution in [0.5, 0.6) is 0 Å². The summed E-state index contributed by atoms with van der Waals surface area (Å²) in [4.78, 5) is 14.4. The molecular formula is C16H25N3O. The summed E-state index contributed by atoms with van der Waals surface area (Å²) in [7, 11) is 0. The fourth-order valence-electron chi connectivity index (χ4n) is 2.56. The maximum absolute atomic E-state index is 12.0. The summed E-state index contributed by atoms with van der Waals surface area (Å²) in [6, 6.07) is 7.63. The summed E-state index contributed by atoms with van der Waals surface area (Å²) in [5, 5.41) is 6.21. The molecule has 0 unspecified atom stereocenters. The Hall–Kier alpha value is -1.55. The van der Waals surface area contributed by atoms with Crippen molar-refractivity contribution in [3.63, 3.8) is 0 Å². The second-order valence-electron chi connectivity index (χ2n) is 5.27.